The summed E-state index contributed by atoms with van der Waals surface area (Å²) in [4.78, 5) is 10.3. The fourth-order valence-electron chi connectivity index (χ4n) is 1.27. The molecule has 4 N–H and O–H groups in total. The van der Waals surface area contributed by atoms with Crippen molar-refractivity contribution in [2.45, 2.75) is 5.92 Å². The van der Waals surface area contributed by atoms with Crippen molar-refractivity contribution in [1.29, 1.82) is 0 Å². The first-order chi connectivity index (χ1) is 6.74. The van der Waals surface area contributed by atoms with Crippen LogP contribution in [0, 0.1) is 0 Å². The third-order valence-electron chi connectivity index (χ3n) is 2.06. The minimum Gasteiger partial charge on any atom is -0.465 e. The molecule has 14 heavy (non-hydrogen) atoms. The minimum absolute atomic E-state index is 0.0484. The number of hydrogen-bond acceptors (Lipinski definition) is 2. The number of carbonyl (C=O) groups is 1. The smallest absolute Gasteiger partial charge is 0.404 e. The van der Waals surface area contributed by atoms with Crippen LogP contribution in [0.15, 0.2) is 30.3 Å². The molecule has 76 valence electrons. The number of rotatable bonds is 4. The van der Waals surface area contributed by atoms with E-state index in [0.717, 1.165) is 5.56 Å². The zero-order valence-corrected chi connectivity index (χ0v) is 7.81. The lowest BCUT2D eigenvalue weighted by atomic mass is 9.99. The van der Waals surface area contributed by atoms with Crippen LogP contribution >= 0.6 is 0 Å². The van der Waals surface area contributed by atoms with Crippen molar-refractivity contribution in [3.63, 3.8) is 0 Å². The molecular weight excluding hydrogens is 180 g/mol. The molecule has 4 nitrogen and oxygen atoms in total. The molecule has 0 bridgehead atoms. The number of nitrogens with one attached hydrogen (secondary N) is 1. The fraction of sp³-hybridized carbons (Fsp3) is 0.300. The second-order valence-corrected chi connectivity index (χ2v) is 3.03. The summed E-state index contributed by atoms with van der Waals surface area (Å²) in [6, 6.07) is 9.64. The Bertz CT molecular complexity index is 287. The van der Waals surface area contributed by atoms with Crippen molar-refractivity contribution in [1.82, 2.24) is 5.32 Å². The molecule has 1 atom stereocenters. The number of nitrogens with two attached hydrogens (primary N) is 1. The van der Waals surface area contributed by atoms with Gasteiger partial charge in [-0.1, -0.05) is 30.3 Å². The largest absolute Gasteiger partial charge is 0.465 e. The molecule has 0 heterocycles. The van der Waals surface area contributed by atoms with E-state index in [1.807, 2.05) is 30.3 Å². The summed E-state index contributed by atoms with van der Waals surface area (Å²) in [5.74, 6) is 0.0484. The van der Waals surface area contributed by atoms with Crippen LogP contribution in [0.2, 0.25) is 0 Å². The van der Waals surface area contributed by atoms with Crippen molar-refractivity contribution in [3.8, 4) is 0 Å². The standard InChI is InChI=1S/C10H14N2O2/c11-6-9(7-12-10(13)14)8-4-2-1-3-5-8/h1-5,9,12H,6-7,11H2,(H,13,14). The lowest BCUT2D eigenvalue weighted by molar-refractivity contribution is 0.194. The Balaban J connectivity index is 2.58. The third-order valence-corrected chi connectivity index (χ3v) is 2.06. The van der Waals surface area contributed by atoms with Crippen molar-refractivity contribution >= 4 is 6.09 Å². The lowest BCUT2D eigenvalue weighted by Crippen LogP contribution is -2.30. The van der Waals surface area contributed by atoms with E-state index in [9.17, 15) is 4.79 Å². The van der Waals surface area contributed by atoms with E-state index in [1.54, 1.807) is 0 Å². The SMILES string of the molecule is NCC(CNC(=O)O)c1ccccc1. The van der Waals surface area contributed by atoms with Crippen LogP contribution in [0.3, 0.4) is 0 Å². The van der Waals surface area contributed by atoms with Gasteiger partial charge in [-0.3, -0.25) is 0 Å². The zero-order chi connectivity index (χ0) is 10.4. The Morgan fingerprint density at radius 2 is 2.07 bits per heavy atom. The summed E-state index contributed by atoms with van der Waals surface area (Å²) >= 11 is 0. The molecule has 1 unspecified atom stereocenters. The van der Waals surface area contributed by atoms with Crippen LogP contribution < -0.4 is 11.1 Å². The monoisotopic (exact) mass is 194 g/mol. The molecule has 1 amide bonds. The maximum absolute atomic E-state index is 10.3. The van der Waals surface area contributed by atoms with Crippen LogP contribution in [-0.4, -0.2) is 24.3 Å². The van der Waals surface area contributed by atoms with Gasteiger partial charge in [0, 0.05) is 19.0 Å². The number of benzene rings is 1. The normalized spacial score (nSPS) is 12.1. The molecule has 1 aromatic rings. The molecule has 0 aliphatic carbocycles. The van der Waals surface area contributed by atoms with E-state index in [4.69, 9.17) is 10.8 Å². The molecule has 1 rings (SSSR count). The summed E-state index contributed by atoms with van der Waals surface area (Å²) in [5.41, 5.74) is 6.62. The Labute approximate surface area is 82.7 Å². The number of hydrogen-bond donors (Lipinski definition) is 3. The highest BCUT2D eigenvalue weighted by molar-refractivity contribution is 5.64. The second-order valence-electron chi connectivity index (χ2n) is 3.03. The average Bonchev–Trinajstić information content (AvgIpc) is 2.20. The van der Waals surface area contributed by atoms with Gasteiger partial charge in [0.15, 0.2) is 0 Å². The van der Waals surface area contributed by atoms with E-state index in [1.165, 1.54) is 0 Å². The zero-order valence-electron chi connectivity index (χ0n) is 7.81. The summed E-state index contributed by atoms with van der Waals surface area (Å²) in [7, 11) is 0. The van der Waals surface area contributed by atoms with Crippen LogP contribution in [0.25, 0.3) is 0 Å². The summed E-state index contributed by atoms with van der Waals surface area (Å²) in [6.45, 7) is 0.792. The van der Waals surface area contributed by atoms with Gasteiger partial charge in [-0.25, -0.2) is 4.79 Å². The first-order valence-corrected chi connectivity index (χ1v) is 4.46. The Kier molecular flexibility index (Phi) is 3.94. The highest BCUT2D eigenvalue weighted by atomic mass is 16.4. The quantitative estimate of drug-likeness (QED) is 0.669. The molecule has 4 heteroatoms. The van der Waals surface area contributed by atoms with E-state index < -0.39 is 6.09 Å². The maximum atomic E-state index is 10.3. The van der Waals surface area contributed by atoms with E-state index in [2.05, 4.69) is 5.32 Å². The van der Waals surface area contributed by atoms with Crippen molar-refractivity contribution in [2.24, 2.45) is 5.73 Å². The van der Waals surface area contributed by atoms with Gasteiger partial charge in [0.1, 0.15) is 0 Å². The summed E-state index contributed by atoms with van der Waals surface area (Å²) in [6.07, 6.45) is -1.01. The van der Waals surface area contributed by atoms with Crippen molar-refractivity contribution in [2.75, 3.05) is 13.1 Å². The van der Waals surface area contributed by atoms with Gasteiger partial charge in [-0.15, -0.1) is 0 Å². The molecule has 0 aromatic heterocycles. The summed E-state index contributed by atoms with van der Waals surface area (Å²) in [5, 5.41) is 10.8. The number of amides is 1. The average molecular weight is 194 g/mol. The van der Waals surface area contributed by atoms with Gasteiger partial charge >= 0.3 is 6.09 Å². The van der Waals surface area contributed by atoms with Crippen LogP contribution in [0.4, 0.5) is 4.79 Å². The topological polar surface area (TPSA) is 75.3 Å². The van der Waals surface area contributed by atoms with Crippen LogP contribution in [0.1, 0.15) is 11.5 Å². The van der Waals surface area contributed by atoms with Gasteiger partial charge in [-0.05, 0) is 5.56 Å². The fourth-order valence-corrected chi connectivity index (χ4v) is 1.27. The second kappa shape index (κ2) is 5.24. The Morgan fingerprint density at radius 3 is 2.57 bits per heavy atom. The molecule has 0 fully saturated rings. The van der Waals surface area contributed by atoms with Crippen LogP contribution in [-0.2, 0) is 0 Å². The Morgan fingerprint density at radius 1 is 1.43 bits per heavy atom. The highest BCUT2D eigenvalue weighted by Gasteiger charge is 2.09. The molecule has 0 aliphatic rings. The molecule has 0 radical (unpaired) electrons. The highest BCUT2D eigenvalue weighted by Crippen LogP contribution is 2.12. The molecule has 0 spiro atoms. The minimum atomic E-state index is -1.01. The molecule has 0 aliphatic heterocycles. The predicted molar refractivity (Wildman–Crippen MR) is 54.3 cm³/mol. The molecular formula is C10H14N2O2. The molecule has 0 saturated heterocycles. The third kappa shape index (κ3) is 3.06. The van der Waals surface area contributed by atoms with E-state index in [-0.39, 0.29) is 5.92 Å². The first-order valence-electron chi connectivity index (χ1n) is 4.46. The molecule has 0 saturated carbocycles. The number of carboxylic acid groups (broad SMARTS) is 1. The van der Waals surface area contributed by atoms with Gasteiger partial charge in [-0.2, -0.15) is 0 Å². The first kappa shape index (κ1) is 10.5. The van der Waals surface area contributed by atoms with Gasteiger partial charge in [0.05, 0.1) is 0 Å². The summed E-state index contributed by atoms with van der Waals surface area (Å²) < 4.78 is 0. The Hall–Kier alpha value is -1.55. The van der Waals surface area contributed by atoms with Crippen molar-refractivity contribution < 1.29 is 9.90 Å². The predicted octanol–water partition coefficient (Wildman–Crippen LogP) is 0.996. The van der Waals surface area contributed by atoms with Gasteiger partial charge in [0.2, 0.25) is 0 Å². The molecule has 1 aromatic carbocycles. The van der Waals surface area contributed by atoms with Crippen LogP contribution in [0.5, 0.6) is 0 Å². The van der Waals surface area contributed by atoms with Gasteiger partial charge < -0.3 is 16.2 Å². The van der Waals surface area contributed by atoms with Gasteiger partial charge in [0.25, 0.3) is 0 Å². The maximum Gasteiger partial charge on any atom is 0.404 e. The van der Waals surface area contributed by atoms with E-state index >= 15 is 0 Å². The van der Waals surface area contributed by atoms with E-state index in [0.29, 0.717) is 13.1 Å². The van der Waals surface area contributed by atoms with Crippen molar-refractivity contribution in [3.05, 3.63) is 35.9 Å². The lowest BCUT2D eigenvalue weighted by Gasteiger charge is -2.14.